The van der Waals surface area contributed by atoms with E-state index in [0.717, 1.165) is 18.0 Å². The van der Waals surface area contributed by atoms with Crippen LogP contribution in [0.25, 0.3) is 0 Å². The third kappa shape index (κ3) is 2.90. The Kier molecular flexibility index (Phi) is 4.05. The molecule has 1 unspecified atom stereocenters. The Hall–Kier alpha value is -0.510. The van der Waals surface area contributed by atoms with Crippen molar-refractivity contribution < 1.29 is 4.79 Å². The number of rotatable bonds is 3. The van der Waals surface area contributed by atoms with Gasteiger partial charge in [-0.1, -0.05) is 44.4 Å². The van der Waals surface area contributed by atoms with Crippen LogP contribution in [0.5, 0.6) is 0 Å². The minimum Gasteiger partial charge on any atom is -0.359 e. The van der Waals surface area contributed by atoms with Gasteiger partial charge in [0.15, 0.2) is 5.17 Å². The molecule has 0 bridgehead atoms. The Labute approximate surface area is 114 Å². The standard InChI is InChI=1S/C14H24N2OS/c1-4-8-14(3)11(17)15-12(18-14)16-13(2)9-6-5-7-10-13/h4-10H2,1-3H3,(H,15,16,17). The number of aliphatic imine (C=N–C) groups is 1. The minimum atomic E-state index is -0.331. The van der Waals surface area contributed by atoms with Gasteiger partial charge in [0.1, 0.15) is 4.75 Å². The fraction of sp³-hybridized carbons (Fsp3) is 0.857. The molecule has 3 nitrogen and oxygen atoms in total. The average molecular weight is 268 g/mol. The molecule has 2 aliphatic rings. The molecule has 1 aliphatic carbocycles. The monoisotopic (exact) mass is 268 g/mol. The summed E-state index contributed by atoms with van der Waals surface area (Å²) in [4.78, 5) is 16.2. The number of hydrogen-bond acceptors (Lipinski definition) is 3. The molecule has 0 aromatic rings. The van der Waals surface area contributed by atoms with Crippen molar-refractivity contribution in [2.24, 2.45) is 4.99 Å². The van der Waals surface area contributed by atoms with E-state index in [1.165, 1.54) is 32.1 Å². The lowest BCUT2D eigenvalue weighted by Crippen LogP contribution is -2.46. The zero-order chi connectivity index (χ0) is 13.2. The van der Waals surface area contributed by atoms with Crippen LogP contribution in [0.15, 0.2) is 4.99 Å². The normalized spacial score (nSPS) is 31.3. The second-order valence-corrected chi connectivity index (χ2v) is 7.54. The second-order valence-electron chi connectivity index (χ2n) is 6.05. The van der Waals surface area contributed by atoms with Gasteiger partial charge in [0.25, 0.3) is 5.91 Å². The van der Waals surface area contributed by atoms with Crippen molar-refractivity contribution in [2.45, 2.75) is 76.0 Å². The molecule has 1 fully saturated rings. The van der Waals surface area contributed by atoms with E-state index >= 15 is 0 Å². The smallest absolute Gasteiger partial charge is 0.264 e. The SMILES string of the molecule is CCCC1(C)SC(NC2(C)CCCCC2)=NC1=O. The summed E-state index contributed by atoms with van der Waals surface area (Å²) in [5, 5.41) is 4.38. The van der Waals surface area contributed by atoms with Crippen molar-refractivity contribution in [1.29, 1.82) is 0 Å². The first-order chi connectivity index (χ1) is 8.47. The van der Waals surface area contributed by atoms with Gasteiger partial charge in [-0.3, -0.25) is 4.79 Å². The molecule has 102 valence electrons. The summed E-state index contributed by atoms with van der Waals surface area (Å²) >= 11 is 1.63. The van der Waals surface area contributed by atoms with Gasteiger partial charge in [0, 0.05) is 5.54 Å². The number of carbonyl (C=O) groups excluding carboxylic acids is 1. The number of hydrogen-bond donors (Lipinski definition) is 1. The first kappa shape index (κ1) is 13.9. The maximum absolute atomic E-state index is 12.0. The number of thioether (sulfide) groups is 1. The molecule has 1 saturated carbocycles. The molecule has 0 saturated heterocycles. The molecule has 0 aromatic heterocycles. The molecule has 2 rings (SSSR count). The Morgan fingerprint density at radius 1 is 1.28 bits per heavy atom. The van der Waals surface area contributed by atoms with Crippen molar-refractivity contribution in [3.63, 3.8) is 0 Å². The van der Waals surface area contributed by atoms with Crippen molar-refractivity contribution in [1.82, 2.24) is 5.32 Å². The Bertz CT molecular complexity index is 361. The summed E-state index contributed by atoms with van der Waals surface area (Å²) in [6.07, 6.45) is 8.19. The number of nitrogens with one attached hydrogen (secondary N) is 1. The van der Waals surface area contributed by atoms with Crippen LogP contribution in [0.2, 0.25) is 0 Å². The number of amidine groups is 1. The predicted molar refractivity (Wildman–Crippen MR) is 78.0 cm³/mol. The highest BCUT2D eigenvalue weighted by Gasteiger charge is 2.42. The van der Waals surface area contributed by atoms with Crippen molar-refractivity contribution in [3.8, 4) is 0 Å². The quantitative estimate of drug-likeness (QED) is 0.852. The van der Waals surface area contributed by atoms with Crippen LogP contribution >= 0.6 is 11.8 Å². The lowest BCUT2D eigenvalue weighted by molar-refractivity contribution is -0.119. The fourth-order valence-electron chi connectivity index (χ4n) is 2.89. The third-order valence-electron chi connectivity index (χ3n) is 4.07. The zero-order valence-corrected chi connectivity index (χ0v) is 12.5. The highest BCUT2D eigenvalue weighted by molar-refractivity contribution is 8.16. The molecule has 1 amide bonds. The van der Waals surface area contributed by atoms with E-state index < -0.39 is 0 Å². The summed E-state index contributed by atoms with van der Waals surface area (Å²) < 4.78 is -0.331. The second kappa shape index (κ2) is 5.24. The highest BCUT2D eigenvalue weighted by Crippen LogP contribution is 2.38. The van der Waals surface area contributed by atoms with E-state index in [0.29, 0.717) is 0 Å². The fourth-order valence-corrected chi connectivity index (χ4v) is 4.19. The van der Waals surface area contributed by atoms with Crippen LogP contribution in [-0.4, -0.2) is 21.4 Å². The van der Waals surface area contributed by atoms with Gasteiger partial charge < -0.3 is 5.32 Å². The van der Waals surface area contributed by atoms with E-state index in [-0.39, 0.29) is 16.2 Å². The number of carbonyl (C=O) groups is 1. The van der Waals surface area contributed by atoms with Gasteiger partial charge in [-0.05, 0) is 33.1 Å². The molecule has 1 N–H and O–H groups in total. The van der Waals surface area contributed by atoms with Crippen molar-refractivity contribution >= 4 is 22.8 Å². The highest BCUT2D eigenvalue weighted by atomic mass is 32.2. The first-order valence-electron chi connectivity index (χ1n) is 7.08. The number of amides is 1. The molecule has 4 heteroatoms. The van der Waals surface area contributed by atoms with E-state index in [2.05, 4.69) is 24.2 Å². The first-order valence-corrected chi connectivity index (χ1v) is 7.89. The van der Waals surface area contributed by atoms with Crippen LogP contribution in [0.4, 0.5) is 0 Å². The summed E-state index contributed by atoms with van der Waals surface area (Å²) in [6, 6.07) is 0. The molecular weight excluding hydrogens is 244 g/mol. The van der Waals surface area contributed by atoms with E-state index in [1.807, 2.05) is 6.92 Å². The van der Waals surface area contributed by atoms with E-state index in [1.54, 1.807) is 11.8 Å². The van der Waals surface area contributed by atoms with E-state index in [4.69, 9.17) is 0 Å². The lowest BCUT2D eigenvalue weighted by atomic mass is 9.83. The van der Waals surface area contributed by atoms with Crippen LogP contribution in [0.1, 0.15) is 65.7 Å². The largest absolute Gasteiger partial charge is 0.359 e. The Balaban J connectivity index is 1.99. The minimum absolute atomic E-state index is 0.0382. The maximum atomic E-state index is 12.0. The molecule has 0 aromatic carbocycles. The summed E-state index contributed by atoms with van der Waals surface area (Å²) in [5.74, 6) is 0.0382. The van der Waals surface area contributed by atoms with Crippen molar-refractivity contribution in [3.05, 3.63) is 0 Å². The van der Waals surface area contributed by atoms with Crippen molar-refractivity contribution in [2.75, 3.05) is 0 Å². The Morgan fingerprint density at radius 2 is 1.94 bits per heavy atom. The predicted octanol–water partition coefficient (Wildman–Crippen LogP) is 3.49. The summed E-state index contributed by atoms with van der Waals surface area (Å²) in [6.45, 7) is 6.40. The molecule has 0 spiro atoms. The molecular formula is C14H24N2OS. The van der Waals surface area contributed by atoms with Gasteiger partial charge in [0.05, 0.1) is 0 Å². The summed E-state index contributed by atoms with van der Waals surface area (Å²) in [5.41, 5.74) is 0.141. The Morgan fingerprint density at radius 3 is 2.56 bits per heavy atom. The van der Waals surface area contributed by atoms with Gasteiger partial charge in [0.2, 0.25) is 0 Å². The van der Waals surface area contributed by atoms with Gasteiger partial charge in [-0.25, -0.2) is 0 Å². The maximum Gasteiger partial charge on any atom is 0.264 e. The molecule has 1 heterocycles. The van der Waals surface area contributed by atoms with Crippen LogP contribution < -0.4 is 5.32 Å². The average Bonchev–Trinajstić information content (AvgIpc) is 2.54. The van der Waals surface area contributed by atoms with Gasteiger partial charge in [-0.2, -0.15) is 4.99 Å². The van der Waals surface area contributed by atoms with Crippen LogP contribution in [0.3, 0.4) is 0 Å². The van der Waals surface area contributed by atoms with Gasteiger partial charge >= 0.3 is 0 Å². The van der Waals surface area contributed by atoms with E-state index in [9.17, 15) is 4.79 Å². The van der Waals surface area contributed by atoms with Crippen LogP contribution in [-0.2, 0) is 4.79 Å². The van der Waals surface area contributed by atoms with Crippen LogP contribution in [0, 0.1) is 0 Å². The van der Waals surface area contributed by atoms with Gasteiger partial charge in [-0.15, -0.1) is 0 Å². The summed E-state index contributed by atoms with van der Waals surface area (Å²) in [7, 11) is 0. The zero-order valence-electron chi connectivity index (χ0n) is 11.7. The molecule has 1 aliphatic heterocycles. The number of nitrogens with zero attached hydrogens (tertiary/aromatic N) is 1. The topological polar surface area (TPSA) is 41.5 Å². The molecule has 0 radical (unpaired) electrons. The molecule has 1 atom stereocenters. The lowest BCUT2D eigenvalue weighted by Gasteiger charge is -2.35. The third-order valence-corrected chi connectivity index (χ3v) is 5.29. The molecule has 18 heavy (non-hydrogen) atoms.